The highest BCUT2D eigenvalue weighted by molar-refractivity contribution is 5.79. The maximum absolute atomic E-state index is 5.36. The molecule has 0 aromatic heterocycles. The van der Waals surface area contributed by atoms with Gasteiger partial charge in [-0.25, -0.2) is 0 Å². The van der Waals surface area contributed by atoms with Crippen molar-refractivity contribution in [1.29, 1.82) is 0 Å². The van der Waals surface area contributed by atoms with E-state index in [1.807, 2.05) is 19.2 Å². The van der Waals surface area contributed by atoms with Gasteiger partial charge >= 0.3 is 0 Å². The zero-order valence-electron chi connectivity index (χ0n) is 17.4. The van der Waals surface area contributed by atoms with E-state index in [0.717, 1.165) is 49.6 Å². The van der Waals surface area contributed by atoms with Crippen LogP contribution in [0, 0.1) is 0 Å². The molecule has 2 rings (SSSR count). The summed E-state index contributed by atoms with van der Waals surface area (Å²) < 4.78 is 10.6. The lowest BCUT2D eigenvalue weighted by molar-refractivity contribution is 0.194. The minimum absolute atomic E-state index is 0.751. The lowest BCUT2D eigenvalue weighted by Crippen LogP contribution is -2.43. The Morgan fingerprint density at radius 1 is 1.07 bits per heavy atom. The summed E-state index contributed by atoms with van der Waals surface area (Å²) in [6.07, 6.45) is 7.73. The second-order valence-electron chi connectivity index (χ2n) is 7.14. The Hall–Kier alpha value is -1.95. The summed E-state index contributed by atoms with van der Waals surface area (Å²) in [6, 6.07) is 6.79. The van der Waals surface area contributed by atoms with E-state index < -0.39 is 0 Å². The van der Waals surface area contributed by atoms with Crippen LogP contribution in [0.4, 0.5) is 0 Å². The van der Waals surface area contributed by atoms with Gasteiger partial charge in [-0.05, 0) is 44.0 Å². The van der Waals surface area contributed by atoms with Crippen LogP contribution in [0.25, 0.3) is 0 Å². The molecule has 2 N–H and O–H groups in total. The number of benzene rings is 1. The number of guanidine groups is 1. The summed E-state index contributed by atoms with van der Waals surface area (Å²) in [5, 5.41) is 6.80. The predicted octanol–water partition coefficient (Wildman–Crippen LogP) is 2.68. The van der Waals surface area contributed by atoms with Gasteiger partial charge in [0.2, 0.25) is 0 Å². The average molecular weight is 377 g/mol. The lowest BCUT2D eigenvalue weighted by atomic mass is 9.94. The molecule has 1 aromatic rings. The highest BCUT2D eigenvalue weighted by atomic mass is 16.5. The van der Waals surface area contributed by atoms with Gasteiger partial charge in [-0.15, -0.1) is 0 Å². The maximum atomic E-state index is 5.36. The van der Waals surface area contributed by atoms with Gasteiger partial charge in [-0.3, -0.25) is 4.99 Å². The second-order valence-corrected chi connectivity index (χ2v) is 7.14. The van der Waals surface area contributed by atoms with Crippen molar-refractivity contribution in [2.45, 2.75) is 44.6 Å². The number of nitrogens with zero attached hydrogens (tertiary/aromatic N) is 2. The molecule has 0 saturated heterocycles. The first-order valence-corrected chi connectivity index (χ1v) is 10.0. The van der Waals surface area contributed by atoms with E-state index in [2.05, 4.69) is 33.6 Å². The predicted molar refractivity (Wildman–Crippen MR) is 112 cm³/mol. The monoisotopic (exact) mass is 376 g/mol. The molecular weight excluding hydrogens is 340 g/mol. The third-order valence-electron chi connectivity index (χ3n) is 5.33. The molecule has 0 unspecified atom stereocenters. The first kappa shape index (κ1) is 21.4. The summed E-state index contributed by atoms with van der Waals surface area (Å²) in [5.74, 6) is 2.38. The summed E-state index contributed by atoms with van der Waals surface area (Å²) in [6.45, 7) is 2.76. The number of hydrogen-bond acceptors (Lipinski definition) is 4. The molecule has 27 heavy (non-hydrogen) atoms. The first-order valence-electron chi connectivity index (χ1n) is 10.0. The Bertz CT molecular complexity index is 586. The quantitative estimate of drug-likeness (QED) is 0.513. The number of aliphatic imine (C=N–C) groups is 1. The minimum atomic E-state index is 0.751. The van der Waals surface area contributed by atoms with Crippen LogP contribution in [-0.4, -0.2) is 64.9 Å². The van der Waals surface area contributed by atoms with Crippen LogP contribution >= 0.6 is 0 Å². The van der Waals surface area contributed by atoms with Crippen molar-refractivity contribution in [3.8, 4) is 11.5 Å². The van der Waals surface area contributed by atoms with Crippen LogP contribution in [0.15, 0.2) is 23.2 Å². The largest absolute Gasteiger partial charge is 0.493 e. The molecule has 0 atom stereocenters. The van der Waals surface area contributed by atoms with Crippen LogP contribution in [0.1, 0.15) is 37.7 Å². The third kappa shape index (κ3) is 6.94. The molecule has 1 saturated carbocycles. The molecule has 6 heteroatoms. The Balaban J connectivity index is 1.69. The van der Waals surface area contributed by atoms with Gasteiger partial charge < -0.3 is 25.0 Å². The number of hydrogen-bond donors (Lipinski definition) is 2. The van der Waals surface area contributed by atoms with Gasteiger partial charge in [0.25, 0.3) is 0 Å². The van der Waals surface area contributed by atoms with E-state index in [1.165, 1.54) is 37.7 Å². The van der Waals surface area contributed by atoms with Gasteiger partial charge in [-0.1, -0.05) is 25.3 Å². The molecule has 0 bridgehead atoms. The lowest BCUT2D eigenvalue weighted by Gasteiger charge is -2.31. The average Bonchev–Trinajstić information content (AvgIpc) is 2.72. The SMILES string of the molecule is CN=C(NCCc1ccc(OC)c(OC)c1)NCCN(C)C1CCCCC1. The van der Waals surface area contributed by atoms with Crippen LogP contribution < -0.4 is 20.1 Å². The van der Waals surface area contributed by atoms with Crippen molar-refractivity contribution in [1.82, 2.24) is 15.5 Å². The number of methoxy groups -OCH3 is 2. The summed E-state index contributed by atoms with van der Waals surface area (Å²) >= 11 is 0. The molecule has 1 aromatic carbocycles. The van der Waals surface area contributed by atoms with Crippen molar-refractivity contribution >= 4 is 5.96 Å². The van der Waals surface area contributed by atoms with Crippen molar-refractivity contribution in [3.63, 3.8) is 0 Å². The normalized spacial score (nSPS) is 15.7. The van der Waals surface area contributed by atoms with Gasteiger partial charge in [-0.2, -0.15) is 0 Å². The molecule has 0 aliphatic heterocycles. The highest BCUT2D eigenvalue weighted by Crippen LogP contribution is 2.27. The number of likely N-dealkylation sites (N-methyl/N-ethyl adjacent to an activating group) is 1. The zero-order chi connectivity index (χ0) is 19.5. The number of rotatable bonds is 9. The Morgan fingerprint density at radius 2 is 1.78 bits per heavy atom. The zero-order valence-corrected chi connectivity index (χ0v) is 17.4. The fourth-order valence-corrected chi connectivity index (χ4v) is 3.64. The Kier molecular flexibility index (Phi) is 9.25. The maximum Gasteiger partial charge on any atom is 0.191 e. The summed E-state index contributed by atoms with van der Waals surface area (Å²) in [5.41, 5.74) is 1.20. The number of ether oxygens (including phenoxy) is 2. The van der Waals surface area contributed by atoms with Gasteiger partial charge in [0.1, 0.15) is 0 Å². The second kappa shape index (κ2) is 11.7. The molecule has 0 heterocycles. The van der Waals surface area contributed by atoms with Gasteiger partial charge in [0, 0.05) is 32.7 Å². The minimum Gasteiger partial charge on any atom is -0.493 e. The van der Waals surface area contributed by atoms with E-state index >= 15 is 0 Å². The molecule has 1 aliphatic carbocycles. The van der Waals surface area contributed by atoms with Crippen molar-refractivity contribution < 1.29 is 9.47 Å². The van der Waals surface area contributed by atoms with Crippen LogP contribution in [-0.2, 0) is 6.42 Å². The van der Waals surface area contributed by atoms with Crippen molar-refractivity contribution in [2.75, 3.05) is 47.9 Å². The molecule has 0 spiro atoms. The third-order valence-corrected chi connectivity index (χ3v) is 5.33. The van der Waals surface area contributed by atoms with Gasteiger partial charge in [0.15, 0.2) is 17.5 Å². The van der Waals surface area contributed by atoms with Gasteiger partial charge in [0.05, 0.1) is 14.2 Å². The van der Waals surface area contributed by atoms with E-state index in [0.29, 0.717) is 0 Å². The molecule has 0 radical (unpaired) electrons. The smallest absolute Gasteiger partial charge is 0.191 e. The fourth-order valence-electron chi connectivity index (χ4n) is 3.64. The van der Waals surface area contributed by atoms with Crippen LogP contribution in [0.5, 0.6) is 11.5 Å². The Morgan fingerprint density at radius 3 is 2.44 bits per heavy atom. The summed E-state index contributed by atoms with van der Waals surface area (Å²) in [4.78, 5) is 6.81. The molecule has 1 fully saturated rings. The topological polar surface area (TPSA) is 58.1 Å². The summed E-state index contributed by atoms with van der Waals surface area (Å²) in [7, 11) is 7.37. The molecule has 0 amide bonds. The van der Waals surface area contributed by atoms with Crippen LogP contribution in [0.2, 0.25) is 0 Å². The number of nitrogens with one attached hydrogen (secondary N) is 2. The fraction of sp³-hybridized carbons (Fsp3) is 0.667. The van der Waals surface area contributed by atoms with Crippen molar-refractivity contribution in [3.05, 3.63) is 23.8 Å². The van der Waals surface area contributed by atoms with E-state index in [-0.39, 0.29) is 0 Å². The van der Waals surface area contributed by atoms with Crippen molar-refractivity contribution in [2.24, 2.45) is 4.99 Å². The molecular formula is C21H36N4O2. The molecule has 1 aliphatic rings. The highest BCUT2D eigenvalue weighted by Gasteiger charge is 2.17. The molecule has 152 valence electrons. The Labute approximate surface area is 164 Å². The van der Waals surface area contributed by atoms with E-state index in [9.17, 15) is 0 Å². The van der Waals surface area contributed by atoms with Crippen LogP contribution in [0.3, 0.4) is 0 Å². The van der Waals surface area contributed by atoms with E-state index in [1.54, 1.807) is 14.2 Å². The standard InChI is InChI=1S/C21H36N4O2/c1-22-21(24-14-15-25(2)18-8-6-5-7-9-18)23-13-12-17-10-11-19(26-3)20(16-17)27-4/h10-11,16,18H,5-9,12-15H2,1-4H3,(H2,22,23,24). The van der Waals surface area contributed by atoms with E-state index in [4.69, 9.17) is 9.47 Å². The first-order chi connectivity index (χ1) is 13.2. The molecule has 6 nitrogen and oxygen atoms in total.